The fourth-order valence-electron chi connectivity index (χ4n) is 1.78. The summed E-state index contributed by atoms with van der Waals surface area (Å²) >= 11 is 12.6. The molecule has 1 aromatic heterocycles. The zero-order chi connectivity index (χ0) is 14.7. The number of ether oxygens (including phenoxy) is 1. The van der Waals surface area contributed by atoms with E-state index in [9.17, 15) is 0 Å². The number of tetrazole rings is 1. The normalized spacial score (nSPS) is 11.3. The van der Waals surface area contributed by atoms with Crippen molar-refractivity contribution in [2.24, 2.45) is 0 Å². The maximum atomic E-state index is 6.28. The van der Waals surface area contributed by atoms with Crippen LogP contribution in [0.15, 0.2) is 54.6 Å². The molecule has 0 amide bonds. The molecule has 0 spiro atoms. The molecule has 0 fully saturated rings. The van der Waals surface area contributed by atoms with Crippen LogP contribution in [0.1, 0.15) is 11.4 Å². The Morgan fingerprint density at radius 2 is 1.57 bits per heavy atom. The third kappa shape index (κ3) is 2.99. The number of aromatic amines is 1. The van der Waals surface area contributed by atoms with Gasteiger partial charge in [-0.2, -0.15) is 5.21 Å². The van der Waals surface area contributed by atoms with Gasteiger partial charge in [-0.1, -0.05) is 58.7 Å². The molecule has 0 bridgehead atoms. The molecule has 3 rings (SSSR count). The van der Waals surface area contributed by atoms with Crippen LogP contribution >= 0.6 is 23.2 Å². The third-order valence-electron chi connectivity index (χ3n) is 2.82. The van der Waals surface area contributed by atoms with Gasteiger partial charge in [0.25, 0.3) is 0 Å². The Hall–Kier alpha value is -2.11. The number of para-hydroxylation sites is 1. The molecule has 21 heavy (non-hydrogen) atoms. The highest BCUT2D eigenvalue weighted by molar-refractivity contribution is 6.49. The van der Waals surface area contributed by atoms with Gasteiger partial charge in [-0.15, -0.1) is 10.2 Å². The predicted molar refractivity (Wildman–Crippen MR) is 79.6 cm³/mol. The number of nitrogens with zero attached hydrogens (tertiary/aromatic N) is 3. The van der Waals surface area contributed by atoms with Crippen molar-refractivity contribution in [2.45, 2.75) is 4.33 Å². The molecule has 7 heteroatoms. The monoisotopic (exact) mass is 320 g/mol. The van der Waals surface area contributed by atoms with Gasteiger partial charge in [-0.05, 0) is 29.8 Å². The lowest BCUT2D eigenvalue weighted by Gasteiger charge is -2.16. The van der Waals surface area contributed by atoms with Gasteiger partial charge in [0.2, 0.25) is 10.2 Å². The molecule has 5 nitrogen and oxygen atoms in total. The first-order valence-electron chi connectivity index (χ1n) is 6.11. The van der Waals surface area contributed by atoms with Crippen molar-refractivity contribution in [3.63, 3.8) is 0 Å². The van der Waals surface area contributed by atoms with E-state index in [0.717, 1.165) is 5.75 Å². The number of aromatic nitrogens is 4. The molecule has 1 N–H and O–H groups in total. The second-order valence-electron chi connectivity index (χ2n) is 4.25. The summed E-state index contributed by atoms with van der Waals surface area (Å²) in [6.07, 6.45) is 0. The minimum Gasteiger partial charge on any atom is -0.457 e. The first-order chi connectivity index (χ1) is 10.2. The van der Waals surface area contributed by atoms with Gasteiger partial charge >= 0.3 is 0 Å². The Bertz CT molecular complexity index is 700. The van der Waals surface area contributed by atoms with Crippen LogP contribution in [-0.2, 0) is 4.33 Å². The highest BCUT2D eigenvalue weighted by atomic mass is 35.5. The van der Waals surface area contributed by atoms with Crippen LogP contribution in [-0.4, -0.2) is 20.6 Å². The number of alkyl halides is 2. The van der Waals surface area contributed by atoms with Crippen molar-refractivity contribution >= 4 is 23.2 Å². The average molecular weight is 321 g/mol. The van der Waals surface area contributed by atoms with Crippen LogP contribution in [0, 0.1) is 0 Å². The molecule has 0 atom stereocenters. The Balaban J connectivity index is 1.81. The molecule has 3 aromatic rings. The first kappa shape index (κ1) is 13.9. The highest BCUT2D eigenvalue weighted by Crippen LogP contribution is 2.39. The van der Waals surface area contributed by atoms with E-state index < -0.39 is 4.33 Å². The topological polar surface area (TPSA) is 63.7 Å². The Labute approximate surface area is 130 Å². The van der Waals surface area contributed by atoms with Gasteiger partial charge in [-0.25, -0.2) is 0 Å². The zero-order valence-electron chi connectivity index (χ0n) is 10.7. The fourth-order valence-corrected chi connectivity index (χ4v) is 2.19. The van der Waals surface area contributed by atoms with Crippen LogP contribution in [0.2, 0.25) is 0 Å². The van der Waals surface area contributed by atoms with E-state index in [0.29, 0.717) is 11.3 Å². The minimum absolute atomic E-state index is 0.197. The smallest absolute Gasteiger partial charge is 0.215 e. The van der Waals surface area contributed by atoms with E-state index >= 15 is 0 Å². The zero-order valence-corrected chi connectivity index (χ0v) is 12.2. The number of H-pyrrole nitrogens is 1. The lowest BCUT2D eigenvalue weighted by atomic mass is 10.1. The van der Waals surface area contributed by atoms with Crippen molar-refractivity contribution in [3.05, 3.63) is 66.0 Å². The molecule has 2 aromatic carbocycles. The van der Waals surface area contributed by atoms with Crippen LogP contribution < -0.4 is 4.74 Å². The number of rotatable bonds is 4. The van der Waals surface area contributed by atoms with Crippen molar-refractivity contribution in [1.29, 1.82) is 0 Å². The van der Waals surface area contributed by atoms with Crippen LogP contribution in [0.3, 0.4) is 0 Å². The molecule has 0 aliphatic rings. The molecular weight excluding hydrogens is 311 g/mol. The molecule has 0 unspecified atom stereocenters. The number of benzene rings is 2. The number of hydrogen-bond acceptors (Lipinski definition) is 4. The SMILES string of the molecule is ClC(Cl)(c1ccc(Oc2ccccc2)cc1)c1nn[nH]n1. The molecular formula is C14H10Cl2N4O. The summed E-state index contributed by atoms with van der Waals surface area (Å²) in [4.78, 5) is 0. The third-order valence-corrected chi connectivity index (χ3v) is 3.60. The summed E-state index contributed by atoms with van der Waals surface area (Å²) in [6, 6.07) is 16.6. The standard InChI is InChI=1S/C14H10Cl2N4O/c15-14(16,13-17-19-20-18-13)10-6-8-12(9-7-10)21-11-4-2-1-3-5-11/h1-9H,(H,17,18,19,20). The molecule has 0 saturated carbocycles. The highest BCUT2D eigenvalue weighted by Gasteiger charge is 2.33. The molecule has 0 radical (unpaired) electrons. The van der Waals surface area contributed by atoms with E-state index in [2.05, 4.69) is 20.6 Å². The number of nitrogens with one attached hydrogen (secondary N) is 1. The Morgan fingerprint density at radius 1 is 0.905 bits per heavy atom. The van der Waals surface area contributed by atoms with E-state index in [1.54, 1.807) is 24.3 Å². The minimum atomic E-state index is -1.36. The van der Waals surface area contributed by atoms with Gasteiger partial charge in [-0.3, -0.25) is 0 Å². The molecule has 1 heterocycles. The summed E-state index contributed by atoms with van der Waals surface area (Å²) in [5.41, 5.74) is 0.632. The summed E-state index contributed by atoms with van der Waals surface area (Å²) < 4.78 is 4.34. The predicted octanol–water partition coefficient (Wildman–Crippen LogP) is 3.67. The molecule has 106 valence electrons. The van der Waals surface area contributed by atoms with Gasteiger partial charge < -0.3 is 4.74 Å². The molecule has 0 aliphatic heterocycles. The van der Waals surface area contributed by atoms with Crippen molar-refractivity contribution < 1.29 is 4.74 Å². The Morgan fingerprint density at radius 3 is 2.19 bits per heavy atom. The number of hydrogen-bond donors (Lipinski definition) is 1. The fraction of sp³-hybridized carbons (Fsp3) is 0.0714. The average Bonchev–Trinajstić information content (AvgIpc) is 3.04. The Kier molecular flexibility index (Phi) is 3.77. The second-order valence-corrected chi connectivity index (χ2v) is 5.58. The van der Waals surface area contributed by atoms with Crippen molar-refractivity contribution in [2.75, 3.05) is 0 Å². The lowest BCUT2D eigenvalue weighted by Crippen LogP contribution is -2.14. The molecule has 0 aliphatic carbocycles. The lowest BCUT2D eigenvalue weighted by molar-refractivity contribution is 0.482. The summed E-state index contributed by atoms with van der Waals surface area (Å²) in [5, 5.41) is 13.4. The van der Waals surface area contributed by atoms with Crippen molar-refractivity contribution in [3.8, 4) is 11.5 Å². The first-order valence-corrected chi connectivity index (χ1v) is 6.87. The summed E-state index contributed by atoms with van der Waals surface area (Å²) in [5.74, 6) is 1.64. The van der Waals surface area contributed by atoms with Gasteiger partial charge in [0.05, 0.1) is 0 Å². The summed E-state index contributed by atoms with van der Waals surface area (Å²) in [7, 11) is 0. The quantitative estimate of drug-likeness (QED) is 0.745. The number of halogens is 2. The maximum absolute atomic E-state index is 6.28. The van der Waals surface area contributed by atoms with Crippen LogP contribution in [0.4, 0.5) is 0 Å². The van der Waals surface area contributed by atoms with E-state index in [4.69, 9.17) is 27.9 Å². The van der Waals surface area contributed by atoms with E-state index in [-0.39, 0.29) is 5.82 Å². The van der Waals surface area contributed by atoms with Gasteiger partial charge in [0.1, 0.15) is 11.5 Å². The van der Waals surface area contributed by atoms with Crippen LogP contribution in [0.5, 0.6) is 11.5 Å². The van der Waals surface area contributed by atoms with Gasteiger partial charge in [0.15, 0.2) is 0 Å². The second kappa shape index (κ2) is 5.71. The van der Waals surface area contributed by atoms with E-state index in [1.165, 1.54) is 0 Å². The largest absolute Gasteiger partial charge is 0.457 e. The summed E-state index contributed by atoms with van der Waals surface area (Å²) in [6.45, 7) is 0. The van der Waals surface area contributed by atoms with Crippen molar-refractivity contribution in [1.82, 2.24) is 20.6 Å². The van der Waals surface area contributed by atoms with Gasteiger partial charge in [0, 0.05) is 0 Å². The van der Waals surface area contributed by atoms with Crippen LogP contribution in [0.25, 0.3) is 0 Å². The van der Waals surface area contributed by atoms with E-state index in [1.807, 2.05) is 30.3 Å². The molecule has 0 saturated heterocycles. The maximum Gasteiger partial charge on any atom is 0.215 e.